The SMILES string of the molecule is N#CC(=N)c1ncn(-c2ccccc2N)c1N. The number of anilines is 2. The minimum atomic E-state index is -0.268. The summed E-state index contributed by atoms with van der Waals surface area (Å²) in [6.45, 7) is 0. The molecule has 0 saturated heterocycles. The fraction of sp³-hybridized carbons (Fsp3) is 0. The molecule has 17 heavy (non-hydrogen) atoms. The van der Waals surface area contributed by atoms with Crippen molar-refractivity contribution in [2.24, 2.45) is 0 Å². The number of aromatic nitrogens is 2. The largest absolute Gasteiger partial charge is 0.397 e. The van der Waals surface area contributed by atoms with Crippen LogP contribution in [0, 0.1) is 16.7 Å². The first kappa shape index (κ1) is 10.7. The van der Waals surface area contributed by atoms with Crippen molar-refractivity contribution in [3.05, 3.63) is 36.3 Å². The Kier molecular flexibility index (Phi) is 2.51. The number of nitriles is 1. The van der Waals surface area contributed by atoms with E-state index in [-0.39, 0.29) is 17.2 Å². The van der Waals surface area contributed by atoms with Crippen LogP contribution in [0.4, 0.5) is 11.5 Å². The molecule has 1 aromatic heterocycles. The molecular weight excluding hydrogens is 216 g/mol. The van der Waals surface area contributed by atoms with Crippen LogP contribution in [0.15, 0.2) is 30.6 Å². The number of nitrogens with two attached hydrogens (primary N) is 2. The second-order valence-electron chi connectivity index (χ2n) is 3.39. The average Bonchev–Trinajstić information content (AvgIpc) is 2.71. The molecule has 84 valence electrons. The van der Waals surface area contributed by atoms with Crippen LogP contribution in [0.5, 0.6) is 0 Å². The van der Waals surface area contributed by atoms with Crippen molar-refractivity contribution < 1.29 is 0 Å². The van der Waals surface area contributed by atoms with E-state index in [1.165, 1.54) is 6.33 Å². The van der Waals surface area contributed by atoms with Gasteiger partial charge < -0.3 is 11.5 Å². The molecule has 0 radical (unpaired) electrons. The highest BCUT2D eigenvalue weighted by Crippen LogP contribution is 2.21. The number of nitrogen functional groups attached to an aromatic ring is 2. The average molecular weight is 226 g/mol. The first-order valence-electron chi connectivity index (χ1n) is 4.82. The van der Waals surface area contributed by atoms with E-state index in [0.717, 1.165) is 0 Å². The van der Waals surface area contributed by atoms with E-state index >= 15 is 0 Å². The molecule has 0 bridgehead atoms. The third kappa shape index (κ3) is 1.70. The van der Waals surface area contributed by atoms with E-state index in [4.69, 9.17) is 22.1 Å². The van der Waals surface area contributed by atoms with Gasteiger partial charge in [-0.3, -0.25) is 9.98 Å². The molecule has 0 aliphatic rings. The van der Waals surface area contributed by atoms with Gasteiger partial charge in [0.1, 0.15) is 23.9 Å². The molecule has 2 rings (SSSR count). The summed E-state index contributed by atoms with van der Waals surface area (Å²) >= 11 is 0. The minimum Gasteiger partial charge on any atom is -0.397 e. The number of nitrogens with zero attached hydrogens (tertiary/aromatic N) is 3. The Morgan fingerprint density at radius 2 is 2.06 bits per heavy atom. The standard InChI is InChI=1S/C11H10N6/c12-5-8(14)10-11(15)17(6-16-10)9-4-2-1-3-7(9)13/h1-4,6,14H,13,15H2. The van der Waals surface area contributed by atoms with E-state index in [1.807, 2.05) is 12.1 Å². The summed E-state index contributed by atoms with van der Waals surface area (Å²) in [6.07, 6.45) is 1.45. The zero-order valence-corrected chi connectivity index (χ0v) is 8.88. The van der Waals surface area contributed by atoms with Crippen molar-refractivity contribution in [3.63, 3.8) is 0 Å². The lowest BCUT2D eigenvalue weighted by Gasteiger charge is -2.07. The molecule has 0 aliphatic heterocycles. The number of imidazole rings is 1. The van der Waals surface area contributed by atoms with Crippen LogP contribution in [0.2, 0.25) is 0 Å². The fourth-order valence-corrected chi connectivity index (χ4v) is 1.50. The second-order valence-corrected chi connectivity index (χ2v) is 3.39. The zero-order chi connectivity index (χ0) is 12.4. The molecule has 6 heteroatoms. The molecule has 6 nitrogen and oxygen atoms in total. The molecule has 0 spiro atoms. The number of nitrogens with one attached hydrogen (secondary N) is 1. The van der Waals surface area contributed by atoms with Crippen LogP contribution in [-0.4, -0.2) is 15.3 Å². The Bertz CT molecular complexity index is 619. The van der Waals surface area contributed by atoms with Gasteiger partial charge in [0.25, 0.3) is 0 Å². The lowest BCUT2D eigenvalue weighted by Crippen LogP contribution is -2.06. The summed E-state index contributed by atoms with van der Waals surface area (Å²) in [7, 11) is 0. The number of benzene rings is 1. The third-order valence-corrected chi connectivity index (χ3v) is 2.35. The Labute approximate surface area is 97.6 Å². The summed E-state index contributed by atoms with van der Waals surface area (Å²) < 4.78 is 1.55. The third-order valence-electron chi connectivity index (χ3n) is 2.35. The van der Waals surface area contributed by atoms with Gasteiger partial charge in [-0.15, -0.1) is 0 Å². The highest BCUT2D eigenvalue weighted by molar-refractivity contribution is 6.11. The van der Waals surface area contributed by atoms with Gasteiger partial charge in [0.2, 0.25) is 0 Å². The van der Waals surface area contributed by atoms with E-state index in [9.17, 15) is 0 Å². The molecule has 0 aliphatic carbocycles. The van der Waals surface area contributed by atoms with Gasteiger partial charge >= 0.3 is 0 Å². The van der Waals surface area contributed by atoms with Gasteiger partial charge in [0.15, 0.2) is 5.71 Å². The Hall–Kier alpha value is -2.81. The second kappa shape index (κ2) is 3.98. The topological polar surface area (TPSA) is 118 Å². The maximum absolute atomic E-state index is 8.64. The van der Waals surface area contributed by atoms with Gasteiger partial charge in [-0.2, -0.15) is 5.26 Å². The van der Waals surface area contributed by atoms with E-state index in [0.29, 0.717) is 11.4 Å². The van der Waals surface area contributed by atoms with Crippen LogP contribution in [-0.2, 0) is 0 Å². The van der Waals surface area contributed by atoms with Crippen molar-refractivity contribution in [1.82, 2.24) is 9.55 Å². The molecule has 0 unspecified atom stereocenters. The summed E-state index contributed by atoms with van der Waals surface area (Å²) in [5.41, 5.74) is 12.8. The zero-order valence-electron chi connectivity index (χ0n) is 8.88. The van der Waals surface area contributed by atoms with Gasteiger partial charge in [-0.05, 0) is 12.1 Å². The smallest absolute Gasteiger partial charge is 0.161 e. The van der Waals surface area contributed by atoms with E-state index in [2.05, 4.69) is 4.98 Å². The fourth-order valence-electron chi connectivity index (χ4n) is 1.50. The molecule has 0 saturated carbocycles. The molecule has 0 amide bonds. The maximum atomic E-state index is 8.64. The van der Waals surface area contributed by atoms with Gasteiger partial charge in [0, 0.05) is 0 Å². The molecular formula is C11H10N6. The van der Waals surface area contributed by atoms with Crippen LogP contribution in [0.1, 0.15) is 5.69 Å². The predicted octanol–water partition coefficient (Wildman–Crippen LogP) is 0.928. The van der Waals surface area contributed by atoms with Crippen LogP contribution >= 0.6 is 0 Å². The van der Waals surface area contributed by atoms with Crippen LogP contribution < -0.4 is 11.5 Å². The van der Waals surface area contributed by atoms with Gasteiger partial charge in [0.05, 0.1) is 11.4 Å². The highest BCUT2D eigenvalue weighted by atomic mass is 15.1. The van der Waals surface area contributed by atoms with Crippen molar-refractivity contribution in [3.8, 4) is 11.8 Å². The van der Waals surface area contributed by atoms with Gasteiger partial charge in [-0.1, -0.05) is 12.1 Å². The lowest BCUT2D eigenvalue weighted by molar-refractivity contribution is 1.07. The van der Waals surface area contributed by atoms with E-state index < -0.39 is 0 Å². The molecule has 0 atom stereocenters. The number of para-hydroxylation sites is 2. The summed E-state index contributed by atoms with van der Waals surface area (Å²) in [5, 5.41) is 16.0. The molecule has 5 N–H and O–H groups in total. The summed E-state index contributed by atoms with van der Waals surface area (Å²) in [5.74, 6) is 0.231. The summed E-state index contributed by atoms with van der Waals surface area (Å²) in [6, 6.07) is 8.85. The maximum Gasteiger partial charge on any atom is 0.161 e. The number of rotatable bonds is 2. The minimum absolute atomic E-state index is 0.163. The molecule has 1 aromatic carbocycles. The lowest BCUT2D eigenvalue weighted by atomic mass is 10.2. The van der Waals surface area contributed by atoms with Crippen LogP contribution in [0.25, 0.3) is 5.69 Å². The number of hydrogen-bond acceptors (Lipinski definition) is 5. The monoisotopic (exact) mass is 226 g/mol. The van der Waals surface area contributed by atoms with Gasteiger partial charge in [-0.25, -0.2) is 4.98 Å². The normalized spacial score (nSPS) is 9.82. The quantitative estimate of drug-likeness (QED) is 0.521. The van der Waals surface area contributed by atoms with Crippen molar-refractivity contribution >= 4 is 17.2 Å². The van der Waals surface area contributed by atoms with Crippen LogP contribution in [0.3, 0.4) is 0 Å². The van der Waals surface area contributed by atoms with Crippen molar-refractivity contribution in [1.29, 1.82) is 10.7 Å². The highest BCUT2D eigenvalue weighted by Gasteiger charge is 2.14. The molecule has 1 heterocycles. The first-order valence-corrected chi connectivity index (χ1v) is 4.82. The Balaban J connectivity index is 2.57. The van der Waals surface area contributed by atoms with Crippen molar-refractivity contribution in [2.45, 2.75) is 0 Å². The Morgan fingerprint density at radius 3 is 2.71 bits per heavy atom. The first-order chi connectivity index (χ1) is 8.15. The number of hydrogen-bond donors (Lipinski definition) is 3. The molecule has 2 aromatic rings. The van der Waals surface area contributed by atoms with E-state index in [1.54, 1.807) is 22.8 Å². The van der Waals surface area contributed by atoms with Crippen molar-refractivity contribution in [2.75, 3.05) is 11.5 Å². The summed E-state index contributed by atoms with van der Waals surface area (Å²) in [4.78, 5) is 3.94. The molecule has 0 fully saturated rings. The predicted molar refractivity (Wildman–Crippen MR) is 64.8 cm³/mol. The Morgan fingerprint density at radius 1 is 1.35 bits per heavy atom.